The molecular weight excluding hydrogens is 336 g/mol. The largest absolute Gasteiger partial charge is 0.497 e. The molecule has 1 aromatic carbocycles. The zero-order chi connectivity index (χ0) is 18.6. The van der Waals surface area contributed by atoms with Crippen molar-refractivity contribution in [2.24, 2.45) is 0 Å². The van der Waals surface area contributed by atoms with Crippen molar-refractivity contribution in [3.05, 3.63) is 51.5 Å². The summed E-state index contributed by atoms with van der Waals surface area (Å²) >= 11 is 0. The third kappa shape index (κ3) is 2.39. The van der Waals surface area contributed by atoms with Crippen LogP contribution in [0.3, 0.4) is 0 Å². The van der Waals surface area contributed by atoms with Crippen molar-refractivity contribution >= 4 is 22.8 Å². The van der Waals surface area contributed by atoms with E-state index in [1.807, 2.05) is 0 Å². The molecule has 0 spiro atoms. The molecule has 26 heavy (non-hydrogen) atoms. The van der Waals surface area contributed by atoms with Crippen LogP contribution in [0.25, 0.3) is 10.9 Å². The highest BCUT2D eigenvalue weighted by Crippen LogP contribution is 2.42. The molecule has 0 saturated carbocycles. The fourth-order valence-electron chi connectivity index (χ4n) is 3.63. The molecule has 134 valence electrons. The maximum Gasteiger partial charge on any atom is 0.337 e. The van der Waals surface area contributed by atoms with Gasteiger partial charge in [-0.3, -0.25) is 9.59 Å². The van der Waals surface area contributed by atoms with Gasteiger partial charge in [0.05, 0.1) is 18.4 Å². The number of hydrogen-bond donors (Lipinski definition) is 2. The Morgan fingerprint density at radius 3 is 2.69 bits per heavy atom. The van der Waals surface area contributed by atoms with Gasteiger partial charge in [0.25, 0.3) is 5.56 Å². The number of ether oxygens (including phenoxy) is 2. The number of amides is 1. The molecule has 1 atom stereocenters. The van der Waals surface area contributed by atoms with Gasteiger partial charge in [-0.05, 0) is 38.1 Å². The third-order valence-electron chi connectivity index (χ3n) is 4.90. The van der Waals surface area contributed by atoms with Gasteiger partial charge in [0.15, 0.2) is 0 Å². The van der Waals surface area contributed by atoms with Crippen LogP contribution in [-0.4, -0.2) is 29.6 Å². The van der Waals surface area contributed by atoms with E-state index in [-0.39, 0.29) is 17.9 Å². The van der Waals surface area contributed by atoms with Crippen molar-refractivity contribution in [3.8, 4) is 5.75 Å². The van der Waals surface area contributed by atoms with Crippen LogP contribution in [-0.2, 0) is 14.3 Å². The molecule has 7 heteroatoms. The molecule has 0 saturated heterocycles. The highest BCUT2D eigenvalue weighted by Gasteiger charge is 2.48. The van der Waals surface area contributed by atoms with E-state index in [2.05, 4.69) is 10.3 Å². The highest BCUT2D eigenvalue weighted by atomic mass is 16.6. The number of fused-ring (bicyclic) bond motifs is 1. The lowest BCUT2D eigenvalue weighted by Gasteiger charge is -2.26. The summed E-state index contributed by atoms with van der Waals surface area (Å²) < 4.78 is 10.6. The normalized spacial score (nSPS) is 21.4. The molecule has 0 bridgehead atoms. The highest BCUT2D eigenvalue weighted by molar-refractivity contribution is 5.99. The van der Waals surface area contributed by atoms with Crippen molar-refractivity contribution in [2.75, 3.05) is 7.11 Å². The summed E-state index contributed by atoms with van der Waals surface area (Å²) in [4.78, 5) is 40.1. The van der Waals surface area contributed by atoms with E-state index >= 15 is 0 Å². The van der Waals surface area contributed by atoms with Gasteiger partial charge in [-0.15, -0.1) is 0 Å². The van der Waals surface area contributed by atoms with Crippen molar-refractivity contribution < 1.29 is 19.1 Å². The van der Waals surface area contributed by atoms with Crippen LogP contribution < -0.4 is 15.6 Å². The molecule has 2 aliphatic heterocycles. The molecule has 7 nitrogen and oxygen atoms in total. The standard InChI is InChI=1S/C19H18N2O5/c1-19(2)16-15(18(24)26-19)11(8-14(22)21-16)12-7-9-6-10(25-3)4-5-13(9)20-17(12)23/h4-7,11H,8H2,1-3H3,(H,20,23)(H,21,22)/t11-/m1/s1. The number of cyclic esters (lactones) is 1. The summed E-state index contributed by atoms with van der Waals surface area (Å²) in [6, 6.07) is 7.01. The summed E-state index contributed by atoms with van der Waals surface area (Å²) in [6.45, 7) is 3.43. The van der Waals surface area contributed by atoms with Crippen LogP contribution in [0, 0.1) is 0 Å². The summed E-state index contributed by atoms with van der Waals surface area (Å²) in [7, 11) is 1.56. The Kier molecular flexibility index (Phi) is 3.44. The predicted molar refractivity (Wildman–Crippen MR) is 93.8 cm³/mol. The number of methoxy groups -OCH3 is 1. The van der Waals surface area contributed by atoms with Crippen molar-refractivity contribution in [2.45, 2.75) is 31.8 Å². The van der Waals surface area contributed by atoms with Crippen molar-refractivity contribution in [3.63, 3.8) is 0 Å². The third-order valence-corrected chi connectivity index (χ3v) is 4.90. The van der Waals surface area contributed by atoms with Crippen LogP contribution in [0.1, 0.15) is 31.7 Å². The number of carbonyl (C=O) groups excluding carboxylic acids is 2. The number of rotatable bonds is 2. The molecule has 3 heterocycles. The Bertz CT molecular complexity index is 1050. The van der Waals surface area contributed by atoms with Gasteiger partial charge in [-0.25, -0.2) is 4.79 Å². The van der Waals surface area contributed by atoms with Crippen LogP contribution in [0.15, 0.2) is 40.3 Å². The lowest BCUT2D eigenvalue weighted by molar-refractivity contribution is -0.144. The number of nitrogens with one attached hydrogen (secondary N) is 2. The molecule has 0 unspecified atom stereocenters. The first-order chi connectivity index (χ1) is 12.3. The van der Waals surface area contributed by atoms with E-state index in [9.17, 15) is 14.4 Å². The Labute approximate surface area is 149 Å². The Hall–Kier alpha value is -3.09. The van der Waals surface area contributed by atoms with Gasteiger partial charge in [0, 0.05) is 28.8 Å². The Morgan fingerprint density at radius 1 is 1.19 bits per heavy atom. The topological polar surface area (TPSA) is 97.5 Å². The number of esters is 1. The van der Waals surface area contributed by atoms with E-state index in [0.717, 1.165) is 5.39 Å². The molecule has 2 N–H and O–H groups in total. The van der Waals surface area contributed by atoms with Crippen molar-refractivity contribution in [1.82, 2.24) is 10.3 Å². The second kappa shape index (κ2) is 5.45. The van der Waals surface area contributed by atoms with E-state index in [0.29, 0.717) is 28.1 Å². The first-order valence-electron chi connectivity index (χ1n) is 8.29. The summed E-state index contributed by atoms with van der Waals surface area (Å²) in [5, 5.41) is 3.50. The van der Waals surface area contributed by atoms with E-state index in [4.69, 9.17) is 9.47 Å². The van der Waals surface area contributed by atoms with E-state index in [1.165, 1.54) is 0 Å². The zero-order valence-electron chi connectivity index (χ0n) is 14.6. The van der Waals surface area contributed by atoms with Gasteiger partial charge in [0.1, 0.15) is 11.4 Å². The van der Waals surface area contributed by atoms with Gasteiger partial charge in [-0.1, -0.05) is 0 Å². The minimum Gasteiger partial charge on any atom is -0.497 e. The Morgan fingerprint density at radius 2 is 1.96 bits per heavy atom. The number of carbonyl (C=O) groups is 2. The summed E-state index contributed by atoms with van der Waals surface area (Å²) in [6.07, 6.45) is 0.0164. The lowest BCUT2D eigenvalue weighted by atomic mass is 9.83. The fourth-order valence-corrected chi connectivity index (χ4v) is 3.63. The number of pyridine rings is 1. The SMILES string of the molecule is COc1ccc2[nH]c(=O)c([C@H]3CC(=O)NC4=C3C(=O)OC4(C)C)cc2c1. The summed E-state index contributed by atoms with van der Waals surface area (Å²) in [5.41, 5.74) is 0.558. The molecule has 2 aromatic rings. The average Bonchev–Trinajstić information content (AvgIpc) is 2.82. The first-order valence-corrected chi connectivity index (χ1v) is 8.29. The average molecular weight is 354 g/mol. The first kappa shape index (κ1) is 16.4. The molecule has 0 fully saturated rings. The number of H-pyrrole nitrogens is 1. The van der Waals surface area contributed by atoms with Crippen LogP contribution in [0.2, 0.25) is 0 Å². The molecule has 1 aromatic heterocycles. The summed E-state index contributed by atoms with van der Waals surface area (Å²) in [5.74, 6) is -0.740. The fraction of sp³-hybridized carbons (Fsp3) is 0.316. The maximum absolute atomic E-state index is 12.7. The Balaban J connectivity index is 1.92. The zero-order valence-corrected chi connectivity index (χ0v) is 14.6. The van der Waals surface area contributed by atoms with Gasteiger partial charge in [-0.2, -0.15) is 0 Å². The number of aromatic amines is 1. The number of aromatic nitrogens is 1. The quantitative estimate of drug-likeness (QED) is 0.801. The van der Waals surface area contributed by atoms with Crippen LogP contribution >= 0.6 is 0 Å². The molecule has 1 amide bonds. The van der Waals surface area contributed by atoms with Gasteiger partial charge >= 0.3 is 5.97 Å². The molecule has 4 rings (SSSR count). The maximum atomic E-state index is 12.7. The lowest BCUT2D eigenvalue weighted by Crippen LogP contribution is -2.39. The molecule has 2 aliphatic rings. The molecule has 0 radical (unpaired) electrons. The van der Waals surface area contributed by atoms with Gasteiger partial charge < -0.3 is 19.8 Å². The predicted octanol–water partition coefficient (Wildman–Crippen LogP) is 1.73. The molecular formula is C19H18N2O5. The number of hydrogen-bond acceptors (Lipinski definition) is 5. The minimum absolute atomic E-state index is 0.0164. The van der Waals surface area contributed by atoms with Gasteiger partial charge in [0.2, 0.25) is 5.91 Å². The van der Waals surface area contributed by atoms with Crippen LogP contribution in [0.5, 0.6) is 5.75 Å². The smallest absolute Gasteiger partial charge is 0.337 e. The van der Waals surface area contributed by atoms with Crippen molar-refractivity contribution in [1.29, 1.82) is 0 Å². The minimum atomic E-state index is -0.923. The molecule has 0 aliphatic carbocycles. The van der Waals surface area contributed by atoms with E-state index in [1.54, 1.807) is 45.2 Å². The monoisotopic (exact) mass is 354 g/mol. The second-order valence-corrected chi connectivity index (χ2v) is 7.00. The van der Waals surface area contributed by atoms with E-state index < -0.39 is 17.5 Å². The second-order valence-electron chi connectivity index (χ2n) is 7.00. The number of benzene rings is 1. The van der Waals surface area contributed by atoms with Crippen LogP contribution in [0.4, 0.5) is 0 Å².